The number of amides is 1. The number of carboxylic acids is 1. The molecule has 1 atom stereocenters. The highest BCUT2D eigenvalue weighted by Gasteiger charge is 2.44. The van der Waals surface area contributed by atoms with Gasteiger partial charge in [-0.25, -0.2) is 19.0 Å². The van der Waals surface area contributed by atoms with E-state index in [0.717, 1.165) is 11.8 Å². The van der Waals surface area contributed by atoms with Gasteiger partial charge in [-0.2, -0.15) is 0 Å². The van der Waals surface area contributed by atoms with Crippen LogP contribution >= 0.6 is 11.6 Å². The topological polar surface area (TPSA) is 107 Å². The second-order valence-electron chi connectivity index (χ2n) is 9.57. The molecule has 0 fully saturated rings. The fourth-order valence-electron chi connectivity index (χ4n) is 4.32. The fourth-order valence-corrected chi connectivity index (χ4v) is 4.60. The Labute approximate surface area is 218 Å². The molecule has 194 valence electrons. The number of methoxy groups -OCH3 is 1. The maximum atomic E-state index is 15.5. The number of carboxylic acid groups (broad SMARTS) is 1. The zero-order valence-corrected chi connectivity index (χ0v) is 21.5. The number of carbonyl (C=O) groups is 2. The molecule has 1 aliphatic heterocycles. The number of hydrogen-bond donors (Lipinski definition) is 2. The SMILES string of the molecule is COc1ncc(C(=O)O)c(-c2c(Cl)ccc3c2C[C@@](CNC(=O)OC(C)(C)C)(c2ccccc2)O3)c1F. The second kappa shape index (κ2) is 9.89. The first-order valence-corrected chi connectivity index (χ1v) is 11.8. The molecule has 0 unspecified atom stereocenters. The highest BCUT2D eigenvalue weighted by Crippen LogP contribution is 2.49. The maximum Gasteiger partial charge on any atom is 0.407 e. The molecule has 2 N–H and O–H groups in total. The lowest BCUT2D eigenvalue weighted by Crippen LogP contribution is -2.45. The number of benzene rings is 2. The Hall–Kier alpha value is -3.85. The zero-order chi connectivity index (χ0) is 27.0. The standard InChI is InChI=1S/C27H26ClFN2O6/c1-26(2,3)37-25(34)31-14-27(15-8-6-5-7-9-15)12-16-19(36-27)11-10-18(28)20(16)21-17(24(32)33)13-30-23(35-4)22(21)29/h5-11,13H,12,14H2,1-4H3,(H,31,34)(H,32,33)/t27-/m1/s1. The average molecular weight is 529 g/mol. The van der Waals surface area contributed by atoms with Gasteiger partial charge in [-0.1, -0.05) is 41.9 Å². The van der Waals surface area contributed by atoms with Gasteiger partial charge in [-0.15, -0.1) is 0 Å². The van der Waals surface area contributed by atoms with Crippen molar-refractivity contribution < 1.29 is 33.3 Å². The number of halogens is 2. The van der Waals surface area contributed by atoms with Gasteiger partial charge in [0.1, 0.15) is 11.4 Å². The summed E-state index contributed by atoms with van der Waals surface area (Å²) in [6.07, 6.45) is 0.555. The molecular weight excluding hydrogens is 503 g/mol. The predicted octanol–water partition coefficient (Wildman–Crippen LogP) is 5.60. The second-order valence-corrected chi connectivity index (χ2v) is 9.98. The van der Waals surface area contributed by atoms with Crippen LogP contribution in [0.4, 0.5) is 9.18 Å². The normalized spacial score (nSPS) is 16.5. The fraction of sp³-hybridized carbons (Fsp3) is 0.296. The summed E-state index contributed by atoms with van der Waals surface area (Å²) >= 11 is 6.56. The van der Waals surface area contributed by atoms with Crippen molar-refractivity contribution in [2.75, 3.05) is 13.7 Å². The molecule has 3 aromatic rings. The molecule has 37 heavy (non-hydrogen) atoms. The van der Waals surface area contributed by atoms with Crippen LogP contribution in [0.5, 0.6) is 11.6 Å². The molecule has 1 aromatic heterocycles. The Morgan fingerprint density at radius 2 is 1.89 bits per heavy atom. The number of pyridine rings is 1. The van der Waals surface area contributed by atoms with E-state index < -0.39 is 29.1 Å². The van der Waals surface area contributed by atoms with Crippen LogP contribution in [-0.2, 0) is 16.8 Å². The van der Waals surface area contributed by atoms with Gasteiger partial charge >= 0.3 is 12.1 Å². The van der Waals surface area contributed by atoms with Gasteiger partial charge in [0.15, 0.2) is 11.4 Å². The quantitative estimate of drug-likeness (QED) is 0.428. The summed E-state index contributed by atoms with van der Waals surface area (Å²) in [5, 5.41) is 12.7. The Morgan fingerprint density at radius 3 is 2.51 bits per heavy atom. The first-order chi connectivity index (χ1) is 17.5. The van der Waals surface area contributed by atoms with Gasteiger partial charge < -0.3 is 24.6 Å². The molecular formula is C27H26ClFN2O6. The molecule has 2 aromatic carbocycles. The van der Waals surface area contributed by atoms with Gasteiger partial charge in [0.25, 0.3) is 5.88 Å². The highest BCUT2D eigenvalue weighted by atomic mass is 35.5. The molecule has 0 aliphatic carbocycles. The molecule has 2 heterocycles. The Bertz CT molecular complexity index is 1360. The lowest BCUT2D eigenvalue weighted by atomic mass is 9.85. The molecule has 0 saturated heterocycles. The number of fused-ring (bicyclic) bond motifs is 1. The lowest BCUT2D eigenvalue weighted by Gasteiger charge is -2.30. The molecule has 10 heteroatoms. The number of alkyl carbamates (subject to hydrolysis) is 1. The molecule has 8 nitrogen and oxygen atoms in total. The first-order valence-electron chi connectivity index (χ1n) is 11.4. The van der Waals surface area contributed by atoms with E-state index in [0.29, 0.717) is 11.3 Å². The van der Waals surface area contributed by atoms with E-state index in [-0.39, 0.29) is 40.6 Å². The predicted molar refractivity (Wildman–Crippen MR) is 135 cm³/mol. The van der Waals surface area contributed by atoms with Gasteiger partial charge in [0.2, 0.25) is 0 Å². The van der Waals surface area contributed by atoms with Crippen molar-refractivity contribution in [1.82, 2.24) is 10.3 Å². The van der Waals surface area contributed by atoms with Crippen LogP contribution in [0.2, 0.25) is 5.02 Å². The van der Waals surface area contributed by atoms with Crippen molar-refractivity contribution in [2.24, 2.45) is 0 Å². The smallest absolute Gasteiger partial charge is 0.407 e. The first kappa shape index (κ1) is 26.2. The van der Waals surface area contributed by atoms with Gasteiger partial charge in [0, 0.05) is 34.3 Å². The molecule has 1 aliphatic rings. The summed E-state index contributed by atoms with van der Waals surface area (Å²) in [5.41, 5.74) is -1.05. The third-order valence-corrected chi connectivity index (χ3v) is 6.18. The molecule has 0 radical (unpaired) electrons. The summed E-state index contributed by atoms with van der Waals surface area (Å²) in [4.78, 5) is 28.3. The average Bonchev–Trinajstić information content (AvgIpc) is 3.22. The van der Waals surface area contributed by atoms with Crippen LogP contribution in [0, 0.1) is 5.82 Å². The van der Waals surface area contributed by atoms with E-state index in [1.54, 1.807) is 26.8 Å². The summed E-state index contributed by atoms with van der Waals surface area (Å²) < 4.78 is 32.4. The minimum atomic E-state index is -1.38. The van der Waals surface area contributed by atoms with Crippen molar-refractivity contribution in [3.8, 4) is 22.8 Å². The lowest BCUT2D eigenvalue weighted by molar-refractivity contribution is 0.0414. The maximum absolute atomic E-state index is 15.5. The van der Waals surface area contributed by atoms with Crippen LogP contribution < -0.4 is 14.8 Å². The Balaban J connectivity index is 1.84. The minimum absolute atomic E-state index is 0.0194. The van der Waals surface area contributed by atoms with Crippen LogP contribution in [0.3, 0.4) is 0 Å². The van der Waals surface area contributed by atoms with E-state index in [1.165, 1.54) is 13.2 Å². The Morgan fingerprint density at radius 1 is 1.19 bits per heavy atom. The number of nitrogens with one attached hydrogen (secondary N) is 1. The largest absolute Gasteiger partial charge is 0.480 e. The molecule has 0 spiro atoms. The summed E-state index contributed by atoms with van der Waals surface area (Å²) in [6.45, 7) is 5.29. The van der Waals surface area contributed by atoms with E-state index >= 15 is 4.39 Å². The van der Waals surface area contributed by atoms with E-state index in [9.17, 15) is 14.7 Å². The number of ether oxygens (including phenoxy) is 3. The molecule has 4 rings (SSSR count). The van der Waals surface area contributed by atoms with Gasteiger partial charge in [0.05, 0.1) is 19.2 Å². The van der Waals surface area contributed by atoms with Crippen molar-refractivity contribution >= 4 is 23.7 Å². The molecule has 0 bridgehead atoms. The van der Waals surface area contributed by atoms with Crippen LogP contribution in [0.1, 0.15) is 42.3 Å². The van der Waals surface area contributed by atoms with Crippen LogP contribution in [-0.4, -0.2) is 41.4 Å². The summed E-state index contributed by atoms with van der Waals surface area (Å²) in [7, 11) is 1.23. The summed E-state index contributed by atoms with van der Waals surface area (Å²) in [5.74, 6) is -2.33. The van der Waals surface area contributed by atoms with Crippen molar-refractivity contribution in [3.63, 3.8) is 0 Å². The van der Waals surface area contributed by atoms with Gasteiger partial charge in [-0.3, -0.25) is 0 Å². The van der Waals surface area contributed by atoms with Gasteiger partial charge in [-0.05, 0) is 38.5 Å². The number of hydrogen-bond acceptors (Lipinski definition) is 6. The zero-order valence-electron chi connectivity index (χ0n) is 20.7. The van der Waals surface area contributed by atoms with Crippen LogP contribution in [0.25, 0.3) is 11.1 Å². The number of carbonyl (C=O) groups excluding carboxylic acids is 1. The van der Waals surface area contributed by atoms with Crippen molar-refractivity contribution in [1.29, 1.82) is 0 Å². The van der Waals surface area contributed by atoms with E-state index in [4.69, 9.17) is 25.8 Å². The highest BCUT2D eigenvalue weighted by molar-refractivity contribution is 6.34. The summed E-state index contributed by atoms with van der Waals surface area (Å²) in [6, 6.07) is 12.4. The number of rotatable bonds is 6. The van der Waals surface area contributed by atoms with Crippen molar-refractivity contribution in [3.05, 3.63) is 76.2 Å². The number of nitrogens with zero attached hydrogens (tertiary/aromatic N) is 1. The van der Waals surface area contributed by atoms with Crippen molar-refractivity contribution in [2.45, 2.75) is 38.4 Å². The minimum Gasteiger partial charge on any atom is -0.480 e. The monoisotopic (exact) mass is 528 g/mol. The van der Waals surface area contributed by atoms with E-state index in [2.05, 4.69) is 10.3 Å². The molecule has 1 amide bonds. The van der Waals surface area contributed by atoms with Crippen LogP contribution in [0.15, 0.2) is 48.7 Å². The van der Waals surface area contributed by atoms with E-state index in [1.807, 2.05) is 30.3 Å². The number of aromatic nitrogens is 1. The number of aromatic carboxylic acids is 1. The Kier molecular flexibility index (Phi) is 7.01. The molecule has 0 saturated carbocycles. The third kappa shape index (κ3) is 5.17. The third-order valence-electron chi connectivity index (χ3n) is 5.87.